The van der Waals surface area contributed by atoms with Gasteiger partial charge in [0.25, 0.3) is 5.91 Å². The van der Waals surface area contributed by atoms with Crippen molar-refractivity contribution in [3.63, 3.8) is 0 Å². The fraction of sp³-hybridized carbons (Fsp3) is 0.583. The second-order valence-electron chi connectivity index (χ2n) is 4.62. The normalized spacial score (nSPS) is 16.3. The fourth-order valence-electron chi connectivity index (χ4n) is 2.25. The largest absolute Gasteiger partial charge is 0.368 e. The van der Waals surface area contributed by atoms with Crippen LogP contribution in [0.3, 0.4) is 0 Å². The number of amides is 2. The Hall–Kier alpha value is -1.47. The Bertz CT molecular complexity index is 468. The quantitative estimate of drug-likeness (QED) is 0.821. The predicted molar refractivity (Wildman–Crippen MR) is 73.0 cm³/mol. The molecule has 104 valence electrons. The first kappa shape index (κ1) is 14.0. The second-order valence-corrected chi connectivity index (χ2v) is 5.86. The van der Waals surface area contributed by atoms with Gasteiger partial charge in [-0.05, 0) is 32.9 Å². The van der Waals surface area contributed by atoms with Crippen LogP contribution < -0.4 is 11.1 Å². The Balaban J connectivity index is 2.16. The zero-order valence-corrected chi connectivity index (χ0v) is 11.7. The van der Waals surface area contributed by atoms with Gasteiger partial charge in [-0.2, -0.15) is 0 Å². The van der Waals surface area contributed by atoms with Crippen LogP contribution in [0, 0.1) is 6.92 Å². The molecule has 0 aliphatic carbocycles. The number of thiazole rings is 1. The highest BCUT2D eigenvalue weighted by atomic mass is 32.1. The van der Waals surface area contributed by atoms with Crippen LogP contribution in [0.1, 0.15) is 27.5 Å². The smallest absolute Gasteiger partial charge is 0.266 e. The summed E-state index contributed by atoms with van der Waals surface area (Å²) in [6, 6.07) is 0.0728. The molecule has 0 atom stereocenters. The Morgan fingerprint density at radius 2 is 2.21 bits per heavy atom. The lowest BCUT2D eigenvalue weighted by Gasteiger charge is -2.33. The van der Waals surface area contributed by atoms with Gasteiger partial charge in [0.2, 0.25) is 5.91 Å². The predicted octanol–water partition coefficient (Wildman–Crippen LogP) is 0.131. The lowest BCUT2D eigenvalue weighted by molar-refractivity contribution is -0.119. The van der Waals surface area contributed by atoms with E-state index in [1.165, 1.54) is 11.3 Å². The van der Waals surface area contributed by atoms with E-state index in [1.807, 2.05) is 6.92 Å². The van der Waals surface area contributed by atoms with E-state index >= 15 is 0 Å². The van der Waals surface area contributed by atoms with Crippen molar-refractivity contribution in [2.24, 2.45) is 5.73 Å². The molecule has 0 unspecified atom stereocenters. The lowest BCUT2D eigenvalue weighted by atomic mass is 10.0. The Morgan fingerprint density at radius 3 is 2.74 bits per heavy atom. The van der Waals surface area contributed by atoms with Crippen LogP contribution in [-0.4, -0.2) is 47.4 Å². The number of piperidine rings is 1. The van der Waals surface area contributed by atoms with Gasteiger partial charge < -0.3 is 16.0 Å². The summed E-state index contributed by atoms with van der Waals surface area (Å²) in [5.74, 6) is -0.621. The first-order valence-electron chi connectivity index (χ1n) is 6.30. The highest BCUT2D eigenvalue weighted by Crippen LogP contribution is 2.19. The molecule has 6 nitrogen and oxygen atoms in total. The number of aromatic nitrogens is 1. The number of aryl methyl sites for hydroxylation is 1. The summed E-state index contributed by atoms with van der Waals surface area (Å²) < 4.78 is 0. The van der Waals surface area contributed by atoms with E-state index < -0.39 is 5.91 Å². The van der Waals surface area contributed by atoms with Crippen LogP contribution in [0.4, 0.5) is 0 Å². The molecule has 1 fully saturated rings. The molecule has 2 rings (SSSR count). The fourth-order valence-corrected chi connectivity index (χ4v) is 2.99. The molecule has 0 radical (unpaired) electrons. The number of nitrogens with zero attached hydrogens (tertiary/aromatic N) is 2. The monoisotopic (exact) mass is 282 g/mol. The maximum absolute atomic E-state index is 12.5. The third kappa shape index (κ3) is 3.51. The SMILES string of the molecule is Cc1ncc(C(=O)N(CC(N)=O)C2CCNCC2)s1. The van der Waals surface area contributed by atoms with Gasteiger partial charge in [-0.1, -0.05) is 0 Å². The second kappa shape index (κ2) is 6.12. The maximum Gasteiger partial charge on any atom is 0.266 e. The molecule has 2 heterocycles. The van der Waals surface area contributed by atoms with E-state index in [2.05, 4.69) is 10.3 Å². The number of hydrogen-bond donors (Lipinski definition) is 2. The minimum Gasteiger partial charge on any atom is -0.368 e. The standard InChI is InChI=1S/C12H18N4O2S/c1-8-15-6-10(19-8)12(18)16(7-11(13)17)9-2-4-14-5-3-9/h6,9,14H,2-5,7H2,1H3,(H2,13,17). The molecule has 1 aromatic heterocycles. The highest BCUT2D eigenvalue weighted by molar-refractivity contribution is 7.13. The summed E-state index contributed by atoms with van der Waals surface area (Å²) in [5, 5.41) is 4.08. The van der Waals surface area contributed by atoms with E-state index in [-0.39, 0.29) is 18.5 Å². The molecular weight excluding hydrogens is 264 g/mol. The molecule has 2 amide bonds. The molecule has 1 aliphatic heterocycles. The van der Waals surface area contributed by atoms with Crippen LogP contribution in [0.5, 0.6) is 0 Å². The molecule has 1 aromatic rings. The Kier molecular flexibility index (Phi) is 4.49. The first-order chi connectivity index (χ1) is 9.08. The average Bonchev–Trinajstić information content (AvgIpc) is 2.83. The lowest BCUT2D eigenvalue weighted by Crippen LogP contribution is -2.49. The molecule has 1 saturated heterocycles. The molecule has 0 saturated carbocycles. The van der Waals surface area contributed by atoms with Crippen LogP contribution in [0.15, 0.2) is 6.20 Å². The number of carbonyl (C=O) groups excluding carboxylic acids is 2. The van der Waals surface area contributed by atoms with Crippen molar-refractivity contribution in [1.29, 1.82) is 0 Å². The summed E-state index contributed by atoms with van der Waals surface area (Å²) in [6.45, 7) is 3.54. The summed E-state index contributed by atoms with van der Waals surface area (Å²) in [5.41, 5.74) is 5.26. The van der Waals surface area contributed by atoms with Crippen molar-refractivity contribution >= 4 is 23.2 Å². The van der Waals surface area contributed by atoms with Gasteiger partial charge in [-0.15, -0.1) is 11.3 Å². The van der Waals surface area contributed by atoms with Crippen molar-refractivity contribution in [1.82, 2.24) is 15.2 Å². The summed E-state index contributed by atoms with van der Waals surface area (Å²) >= 11 is 1.35. The topological polar surface area (TPSA) is 88.3 Å². The van der Waals surface area contributed by atoms with Gasteiger partial charge in [0.15, 0.2) is 0 Å². The number of hydrogen-bond acceptors (Lipinski definition) is 5. The van der Waals surface area contributed by atoms with E-state index in [0.717, 1.165) is 30.9 Å². The van der Waals surface area contributed by atoms with Gasteiger partial charge >= 0.3 is 0 Å². The summed E-state index contributed by atoms with van der Waals surface area (Å²) in [4.78, 5) is 29.9. The van der Waals surface area contributed by atoms with E-state index in [0.29, 0.717) is 4.88 Å². The van der Waals surface area contributed by atoms with Crippen molar-refractivity contribution in [2.75, 3.05) is 19.6 Å². The van der Waals surface area contributed by atoms with Crippen molar-refractivity contribution in [3.05, 3.63) is 16.1 Å². The number of carbonyl (C=O) groups is 2. The molecule has 3 N–H and O–H groups in total. The molecule has 7 heteroatoms. The summed E-state index contributed by atoms with van der Waals surface area (Å²) in [7, 11) is 0. The molecular formula is C12H18N4O2S. The molecule has 1 aliphatic rings. The molecule has 0 bridgehead atoms. The maximum atomic E-state index is 12.5. The zero-order valence-electron chi connectivity index (χ0n) is 10.9. The first-order valence-corrected chi connectivity index (χ1v) is 7.12. The highest BCUT2D eigenvalue weighted by Gasteiger charge is 2.28. The third-order valence-electron chi connectivity index (χ3n) is 3.17. The van der Waals surface area contributed by atoms with Gasteiger partial charge in [-0.25, -0.2) is 4.98 Å². The zero-order chi connectivity index (χ0) is 13.8. The van der Waals surface area contributed by atoms with Crippen molar-refractivity contribution < 1.29 is 9.59 Å². The summed E-state index contributed by atoms with van der Waals surface area (Å²) in [6.07, 6.45) is 3.25. The van der Waals surface area contributed by atoms with Crippen LogP contribution in [0.2, 0.25) is 0 Å². The third-order valence-corrected chi connectivity index (χ3v) is 4.07. The molecule has 0 aromatic carbocycles. The Morgan fingerprint density at radius 1 is 1.53 bits per heavy atom. The van der Waals surface area contributed by atoms with Crippen molar-refractivity contribution in [2.45, 2.75) is 25.8 Å². The van der Waals surface area contributed by atoms with E-state index in [4.69, 9.17) is 5.73 Å². The van der Waals surface area contributed by atoms with Gasteiger partial charge in [0.05, 0.1) is 17.7 Å². The van der Waals surface area contributed by atoms with Crippen LogP contribution in [-0.2, 0) is 4.79 Å². The van der Waals surface area contributed by atoms with Crippen molar-refractivity contribution in [3.8, 4) is 0 Å². The number of rotatable bonds is 4. The minimum absolute atomic E-state index is 0.0273. The van der Waals surface area contributed by atoms with Crippen LogP contribution >= 0.6 is 11.3 Å². The number of primary amides is 1. The van der Waals surface area contributed by atoms with Crippen LogP contribution in [0.25, 0.3) is 0 Å². The minimum atomic E-state index is -0.479. The van der Waals surface area contributed by atoms with E-state index in [1.54, 1.807) is 11.1 Å². The van der Waals surface area contributed by atoms with Gasteiger partial charge in [0.1, 0.15) is 4.88 Å². The van der Waals surface area contributed by atoms with Gasteiger partial charge in [0, 0.05) is 6.04 Å². The molecule has 19 heavy (non-hydrogen) atoms. The van der Waals surface area contributed by atoms with Gasteiger partial charge in [-0.3, -0.25) is 9.59 Å². The Labute approximate surface area is 116 Å². The number of nitrogens with two attached hydrogens (primary N) is 1. The van der Waals surface area contributed by atoms with E-state index in [9.17, 15) is 9.59 Å². The molecule has 0 spiro atoms. The average molecular weight is 282 g/mol. The number of nitrogens with one attached hydrogen (secondary N) is 1.